The topological polar surface area (TPSA) is 23.5 Å². The average Bonchev–Trinajstić information content (AvgIpc) is 2.19. The first kappa shape index (κ1) is 11.3. The number of thioether (sulfide) groups is 1. The molecule has 0 aromatic heterocycles. The minimum atomic E-state index is 0.386. The fraction of sp³-hybridized carbons (Fsp3) is 1.00. The number of hydrogen-bond donors (Lipinski definition) is 1. The summed E-state index contributed by atoms with van der Waals surface area (Å²) in [6.07, 6.45) is 2.38. The van der Waals surface area contributed by atoms with Crippen LogP contribution in [0, 0.1) is 5.92 Å². The van der Waals surface area contributed by atoms with Gasteiger partial charge in [0, 0.05) is 18.9 Å². The molecule has 0 atom stereocenters. The number of rotatable bonds is 5. The van der Waals surface area contributed by atoms with Gasteiger partial charge in [0.15, 0.2) is 0 Å². The first-order valence-corrected chi connectivity index (χ1v) is 6.43. The number of nitrogens with zero attached hydrogens (tertiary/aromatic N) is 1. The molecule has 1 heterocycles. The lowest BCUT2D eigenvalue weighted by Crippen LogP contribution is -2.36. The highest BCUT2D eigenvalue weighted by molar-refractivity contribution is 7.99. The Morgan fingerprint density at radius 3 is 2.62 bits per heavy atom. The summed E-state index contributed by atoms with van der Waals surface area (Å²) in [7, 11) is 0. The van der Waals surface area contributed by atoms with Gasteiger partial charge in [0.1, 0.15) is 0 Å². The third-order valence-corrected chi connectivity index (χ3v) is 3.60. The number of likely N-dealkylation sites (tertiary alicyclic amines) is 1. The van der Waals surface area contributed by atoms with E-state index in [0.29, 0.717) is 12.5 Å². The summed E-state index contributed by atoms with van der Waals surface area (Å²) < 4.78 is 0. The predicted octanol–water partition coefficient (Wildman–Crippen LogP) is 1.44. The van der Waals surface area contributed by atoms with Crippen molar-refractivity contribution in [2.24, 2.45) is 5.92 Å². The van der Waals surface area contributed by atoms with Crippen LogP contribution in [-0.4, -0.2) is 47.8 Å². The van der Waals surface area contributed by atoms with Crippen LogP contribution in [0.15, 0.2) is 0 Å². The number of hydrogen-bond acceptors (Lipinski definition) is 3. The van der Waals surface area contributed by atoms with Crippen LogP contribution in [0.4, 0.5) is 0 Å². The van der Waals surface area contributed by atoms with Gasteiger partial charge in [-0.05, 0) is 37.6 Å². The maximum absolute atomic E-state index is 8.97. The zero-order valence-electron chi connectivity index (χ0n) is 8.54. The zero-order chi connectivity index (χ0) is 9.52. The molecule has 0 unspecified atom stereocenters. The lowest BCUT2D eigenvalue weighted by atomic mass is 9.98. The van der Waals surface area contributed by atoms with E-state index in [0.717, 1.165) is 0 Å². The standard InChI is InChI=1S/C10H21NOS/c1-2-13-8-7-11-5-3-10(9-12)4-6-11/h10,12H,2-9H2,1H3. The van der Waals surface area contributed by atoms with Crippen LogP contribution < -0.4 is 0 Å². The lowest BCUT2D eigenvalue weighted by molar-refractivity contribution is 0.136. The summed E-state index contributed by atoms with van der Waals surface area (Å²) in [6.45, 7) is 6.21. The highest BCUT2D eigenvalue weighted by atomic mass is 32.2. The van der Waals surface area contributed by atoms with Crippen molar-refractivity contribution in [2.75, 3.05) is 37.7 Å². The Morgan fingerprint density at radius 2 is 2.08 bits per heavy atom. The summed E-state index contributed by atoms with van der Waals surface area (Å²) in [5.41, 5.74) is 0. The van der Waals surface area contributed by atoms with Gasteiger partial charge in [-0.25, -0.2) is 0 Å². The van der Waals surface area contributed by atoms with Crippen LogP contribution >= 0.6 is 11.8 Å². The third kappa shape index (κ3) is 4.34. The normalized spacial score (nSPS) is 20.8. The molecule has 0 aromatic carbocycles. The second-order valence-electron chi connectivity index (χ2n) is 3.66. The Hall–Kier alpha value is 0.270. The van der Waals surface area contributed by atoms with E-state index in [-0.39, 0.29) is 0 Å². The van der Waals surface area contributed by atoms with E-state index in [4.69, 9.17) is 5.11 Å². The molecule has 0 bridgehead atoms. The monoisotopic (exact) mass is 203 g/mol. The smallest absolute Gasteiger partial charge is 0.0460 e. The summed E-state index contributed by atoms with van der Waals surface area (Å²) in [5.74, 6) is 3.07. The number of aliphatic hydroxyl groups is 1. The maximum Gasteiger partial charge on any atom is 0.0460 e. The van der Waals surface area contributed by atoms with E-state index in [1.54, 1.807) is 0 Å². The van der Waals surface area contributed by atoms with Crippen LogP contribution in [0.25, 0.3) is 0 Å². The maximum atomic E-state index is 8.97. The molecule has 1 rings (SSSR count). The Labute approximate surface area is 85.7 Å². The fourth-order valence-corrected chi connectivity index (χ4v) is 2.41. The molecule has 13 heavy (non-hydrogen) atoms. The van der Waals surface area contributed by atoms with Crippen molar-refractivity contribution in [3.8, 4) is 0 Å². The van der Waals surface area contributed by atoms with Gasteiger partial charge in [-0.3, -0.25) is 0 Å². The summed E-state index contributed by atoms with van der Waals surface area (Å²) >= 11 is 2.02. The molecule has 1 fully saturated rings. The SMILES string of the molecule is CCSCCN1CCC(CO)CC1. The highest BCUT2D eigenvalue weighted by Crippen LogP contribution is 2.16. The van der Waals surface area contributed by atoms with Crippen LogP contribution in [0.3, 0.4) is 0 Å². The van der Waals surface area contributed by atoms with Crippen LogP contribution in [0.1, 0.15) is 19.8 Å². The van der Waals surface area contributed by atoms with Crippen LogP contribution in [0.2, 0.25) is 0 Å². The molecule has 0 amide bonds. The van der Waals surface area contributed by atoms with Crippen molar-refractivity contribution >= 4 is 11.8 Å². The van der Waals surface area contributed by atoms with E-state index in [2.05, 4.69) is 11.8 Å². The molecule has 0 spiro atoms. The lowest BCUT2D eigenvalue weighted by Gasteiger charge is -2.30. The van der Waals surface area contributed by atoms with E-state index in [1.807, 2.05) is 11.8 Å². The molecule has 78 valence electrons. The van der Waals surface area contributed by atoms with E-state index in [9.17, 15) is 0 Å². The van der Waals surface area contributed by atoms with Crippen molar-refractivity contribution in [1.82, 2.24) is 4.90 Å². The Morgan fingerprint density at radius 1 is 1.38 bits per heavy atom. The molecular weight excluding hydrogens is 182 g/mol. The molecule has 1 N–H and O–H groups in total. The van der Waals surface area contributed by atoms with Gasteiger partial charge in [0.05, 0.1) is 0 Å². The van der Waals surface area contributed by atoms with Gasteiger partial charge >= 0.3 is 0 Å². The van der Waals surface area contributed by atoms with Crippen molar-refractivity contribution in [3.05, 3.63) is 0 Å². The second-order valence-corrected chi connectivity index (χ2v) is 5.06. The first-order chi connectivity index (χ1) is 6.36. The van der Waals surface area contributed by atoms with Gasteiger partial charge in [0.2, 0.25) is 0 Å². The molecule has 1 aliphatic rings. The molecule has 3 heteroatoms. The Balaban J connectivity index is 2.03. The number of aliphatic hydroxyl groups excluding tert-OH is 1. The van der Waals surface area contributed by atoms with Crippen molar-refractivity contribution in [3.63, 3.8) is 0 Å². The van der Waals surface area contributed by atoms with Crippen molar-refractivity contribution < 1.29 is 5.11 Å². The molecule has 1 saturated heterocycles. The zero-order valence-corrected chi connectivity index (χ0v) is 9.35. The Bertz CT molecular complexity index is 121. The van der Waals surface area contributed by atoms with E-state index in [1.165, 1.54) is 44.0 Å². The Kier molecular flexibility index (Phi) is 5.83. The summed E-state index contributed by atoms with van der Waals surface area (Å²) in [4.78, 5) is 2.52. The second kappa shape index (κ2) is 6.68. The molecule has 0 aromatic rings. The van der Waals surface area contributed by atoms with Crippen molar-refractivity contribution in [1.29, 1.82) is 0 Å². The first-order valence-electron chi connectivity index (χ1n) is 5.27. The van der Waals surface area contributed by atoms with Gasteiger partial charge in [-0.15, -0.1) is 0 Å². The van der Waals surface area contributed by atoms with Crippen LogP contribution in [-0.2, 0) is 0 Å². The molecule has 2 nitrogen and oxygen atoms in total. The van der Waals surface area contributed by atoms with Gasteiger partial charge in [-0.2, -0.15) is 11.8 Å². The number of piperidine rings is 1. The fourth-order valence-electron chi connectivity index (χ4n) is 1.73. The molecular formula is C10H21NOS. The van der Waals surface area contributed by atoms with Crippen molar-refractivity contribution in [2.45, 2.75) is 19.8 Å². The molecule has 1 aliphatic heterocycles. The minimum absolute atomic E-state index is 0.386. The van der Waals surface area contributed by atoms with Gasteiger partial charge in [0.25, 0.3) is 0 Å². The molecule has 0 saturated carbocycles. The summed E-state index contributed by atoms with van der Waals surface area (Å²) in [5, 5.41) is 8.97. The van der Waals surface area contributed by atoms with E-state index >= 15 is 0 Å². The van der Waals surface area contributed by atoms with Crippen LogP contribution in [0.5, 0.6) is 0 Å². The van der Waals surface area contributed by atoms with Gasteiger partial charge < -0.3 is 10.0 Å². The highest BCUT2D eigenvalue weighted by Gasteiger charge is 2.17. The molecule has 0 radical (unpaired) electrons. The largest absolute Gasteiger partial charge is 0.396 e. The average molecular weight is 203 g/mol. The quantitative estimate of drug-likeness (QED) is 0.684. The third-order valence-electron chi connectivity index (χ3n) is 2.72. The van der Waals surface area contributed by atoms with E-state index < -0.39 is 0 Å². The minimum Gasteiger partial charge on any atom is -0.396 e. The summed E-state index contributed by atoms with van der Waals surface area (Å²) in [6, 6.07) is 0. The molecule has 0 aliphatic carbocycles. The van der Waals surface area contributed by atoms with Gasteiger partial charge in [-0.1, -0.05) is 6.92 Å². The predicted molar refractivity (Wildman–Crippen MR) is 59.2 cm³/mol.